The van der Waals surface area contributed by atoms with Crippen molar-refractivity contribution in [3.05, 3.63) is 22.1 Å². The number of nitro groups is 1. The van der Waals surface area contributed by atoms with E-state index in [1.165, 1.54) is 10.8 Å². The van der Waals surface area contributed by atoms with Gasteiger partial charge >= 0.3 is 5.82 Å². The molecule has 0 saturated carbocycles. The molecule has 0 bridgehead atoms. The molecule has 0 aromatic carbocycles. The van der Waals surface area contributed by atoms with Crippen LogP contribution in [0.25, 0.3) is 0 Å². The van der Waals surface area contributed by atoms with Crippen molar-refractivity contribution in [2.24, 2.45) is 0 Å². The lowest BCUT2D eigenvalue weighted by molar-refractivity contribution is -0.392. The number of halogens is 2. The Hall–Kier alpha value is -0.810. The minimum absolute atomic E-state index is 0.0572. The summed E-state index contributed by atoms with van der Waals surface area (Å²) >= 11 is 11.3. The molecule has 78 valence electrons. The summed E-state index contributed by atoms with van der Waals surface area (Å²) in [5.41, 5.74) is 0. The van der Waals surface area contributed by atoms with Crippen molar-refractivity contribution >= 4 is 29.0 Å². The van der Waals surface area contributed by atoms with Gasteiger partial charge in [-0.25, -0.2) is 9.55 Å². The molecule has 0 aliphatic heterocycles. The average Bonchev–Trinajstić information content (AvgIpc) is 2.48. The van der Waals surface area contributed by atoms with Gasteiger partial charge in [-0.3, -0.25) is 0 Å². The molecule has 0 aliphatic carbocycles. The molecule has 0 saturated heterocycles. The van der Waals surface area contributed by atoms with E-state index >= 15 is 0 Å². The van der Waals surface area contributed by atoms with E-state index in [0.717, 1.165) is 0 Å². The normalized spacial score (nSPS) is 12.8. The SMILES string of the molecule is Cc1ncc([N+](=O)[O-])n1C[C@@H](Cl)CCl. The molecule has 14 heavy (non-hydrogen) atoms. The standard InChI is InChI=1S/C7H9Cl2N3O2/c1-5-10-3-7(12(13)14)11(5)4-6(9)2-8/h3,6H,2,4H2,1H3/t6-/m0/s1. The maximum atomic E-state index is 10.6. The quantitative estimate of drug-likeness (QED) is 0.457. The summed E-state index contributed by atoms with van der Waals surface area (Å²) in [6.45, 7) is 1.98. The number of rotatable bonds is 4. The number of hydrogen-bond acceptors (Lipinski definition) is 3. The summed E-state index contributed by atoms with van der Waals surface area (Å²) < 4.78 is 1.44. The highest BCUT2D eigenvalue weighted by molar-refractivity contribution is 6.28. The molecule has 1 atom stereocenters. The zero-order chi connectivity index (χ0) is 10.7. The second-order valence-electron chi connectivity index (χ2n) is 2.78. The number of aryl methyl sites for hydroxylation is 1. The highest BCUT2D eigenvalue weighted by atomic mass is 35.5. The van der Waals surface area contributed by atoms with Gasteiger partial charge in [0.2, 0.25) is 0 Å². The maximum Gasteiger partial charge on any atom is 0.342 e. The molecule has 0 unspecified atom stereocenters. The number of alkyl halides is 2. The minimum atomic E-state index is -0.488. The van der Waals surface area contributed by atoms with Crippen molar-refractivity contribution in [1.29, 1.82) is 0 Å². The van der Waals surface area contributed by atoms with E-state index in [-0.39, 0.29) is 17.1 Å². The molecule has 1 aromatic heterocycles. The van der Waals surface area contributed by atoms with Gasteiger partial charge in [-0.15, -0.1) is 23.2 Å². The van der Waals surface area contributed by atoms with E-state index < -0.39 is 4.92 Å². The lowest BCUT2D eigenvalue weighted by Crippen LogP contribution is -2.14. The van der Waals surface area contributed by atoms with Crippen molar-refractivity contribution in [3.63, 3.8) is 0 Å². The fourth-order valence-electron chi connectivity index (χ4n) is 1.07. The fourth-order valence-corrected chi connectivity index (χ4v) is 1.31. The Bertz CT molecular complexity index is 340. The zero-order valence-corrected chi connectivity index (χ0v) is 8.99. The Morgan fingerprint density at radius 2 is 2.43 bits per heavy atom. The van der Waals surface area contributed by atoms with Crippen LogP contribution in [0.5, 0.6) is 0 Å². The summed E-state index contributed by atoms with van der Waals surface area (Å²) in [5, 5.41) is 10.2. The molecule has 0 N–H and O–H groups in total. The van der Waals surface area contributed by atoms with Gasteiger partial charge in [0.1, 0.15) is 12.7 Å². The highest BCUT2D eigenvalue weighted by Crippen LogP contribution is 2.16. The van der Waals surface area contributed by atoms with Crippen LogP contribution >= 0.6 is 23.2 Å². The lowest BCUT2D eigenvalue weighted by atomic mass is 10.4. The van der Waals surface area contributed by atoms with Crippen LogP contribution in [0.1, 0.15) is 5.82 Å². The van der Waals surface area contributed by atoms with Gasteiger partial charge in [0.25, 0.3) is 0 Å². The number of nitrogens with zero attached hydrogens (tertiary/aromatic N) is 3. The molecule has 1 heterocycles. The third-order valence-electron chi connectivity index (χ3n) is 1.77. The molecular weight excluding hydrogens is 229 g/mol. The van der Waals surface area contributed by atoms with Crippen LogP contribution in [-0.2, 0) is 6.54 Å². The molecule has 0 aliphatic rings. The van der Waals surface area contributed by atoms with E-state index in [1.54, 1.807) is 6.92 Å². The summed E-state index contributed by atoms with van der Waals surface area (Å²) in [6.07, 6.45) is 1.22. The Balaban J connectivity index is 2.93. The number of hydrogen-bond donors (Lipinski definition) is 0. The predicted octanol–water partition coefficient (Wildman–Crippen LogP) is 1.95. The third-order valence-corrected chi connectivity index (χ3v) is 2.59. The van der Waals surface area contributed by atoms with Crippen LogP contribution in [0.2, 0.25) is 0 Å². The maximum absolute atomic E-state index is 10.6. The first-order chi connectivity index (χ1) is 6.56. The van der Waals surface area contributed by atoms with Gasteiger partial charge in [0.15, 0.2) is 5.82 Å². The van der Waals surface area contributed by atoms with E-state index in [1.807, 2.05) is 0 Å². The van der Waals surface area contributed by atoms with Crippen LogP contribution in [0.3, 0.4) is 0 Å². The molecule has 7 heteroatoms. The first kappa shape index (κ1) is 11.3. The third kappa shape index (κ3) is 2.36. The first-order valence-corrected chi connectivity index (χ1v) is 4.90. The molecule has 1 rings (SSSR count). The van der Waals surface area contributed by atoms with Crippen LogP contribution in [0.15, 0.2) is 6.20 Å². The largest absolute Gasteiger partial charge is 0.358 e. The number of imidazole rings is 1. The van der Waals surface area contributed by atoms with Crippen LogP contribution in [0.4, 0.5) is 5.82 Å². The Morgan fingerprint density at radius 1 is 1.79 bits per heavy atom. The highest BCUT2D eigenvalue weighted by Gasteiger charge is 2.19. The molecule has 5 nitrogen and oxygen atoms in total. The van der Waals surface area contributed by atoms with Crippen molar-refractivity contribution in [3.8, 4) is 0 Å². The molecule has 1 aromatic rings. The zero-order valence-electron chi connectivity index (χ0n) is 7.48. The van der Waals surface area contributed by atoms with Gasteiger partial charge < -0.3 is 10.1 Å². The molecule has 0 spiro atoms. The van der Waals surface area contributed by atoms with Gasteiger partial charge in [-0.2, -0.15) is 0 Å². The summed E-state index contributed by atoms with van der Waals surface area (Å²) in [7, 11) is 0. The lowest BCUT2D eigenvalue weighted by Gasteiger charge is -2.05. The summed E-state index contributed by atoms with van der Waals surface area (Å²) in [4.78, 5) is 13.9. The van der Waals surface area contributed by atoms with Gasteiger partial charge in [0, 0.05) is 12.8 Å². The topological polar surface area (TPSA) is 61.0 Å². The van der Waals surface area contributed by atoms with Gasteiger partial charge in [-0.05, 0) is 4.92 Å². The summed E-state index contributed by atoms with van der Waals surface area (Å²) in [5.74, 6) is 0.752. The molecule has 0 fully saturated rings. The number of aromatic nitrogens is 2. The minimum Gasteiger partial charge on any atom is -0.358 e. The second kappa shape index (κ2) is 4.61. The van der Waals surface area contributed by atoms with Crippen molar-refractivity contribution < 1.29 is 4.92 Å². The van der Waals surface area contributed by atoms with Crippen molar-refractivity contribution in [2.75, 3.05) is 5.88 Å². The summed E-state index contributed by atoms with van der Waals surface area (Å²) in [6, 6.07) is 0. The Morgan fingerprint density at radius 3 is 2.93 bits per heavy atom. The average molecular weight is 238 g/mol. The van der Waals surface area contributed by atoms with E-state index in [0.29, 0.717) is 12.4 Å². The van der Waals surface area contributed by atoms with E-state index in [4.69, 9.17) is 23.2 Å². The Kier molecular flexibility index (Phi) is 3.71. The smallest absolute Gasteiger partial charge is 0.342 e. The molecule has 0 radical (unpaired) electrons. The second-order valence-corrected chi connectivity index (χ2v) is 3.71. The van der Waals surface area contributed by atoms with Crippen molar-refractivity contribution in [1.82, 2.24) is 9.55 Å². The van der Waals surface area contributed by atoms with Crippen molar-refractivity contribution in [2.45, 2.75) is 18.8 Å². The fraction of sp³-hybridized carbons (Fsp3) is 0.571. The van der Waals surface area contributed by atoms with Crippen LogP contribution in [-0.4, -0.2) is 25.7 Å². The predicted molar refractivity (Wildman–Crippen MR) is 54.0 cm³/mol. The van der Waals surface area contributed by atoms with Crippen LogP contribution in [0, 0.1) is 17.0 Å². The van der Waals surface area contributed by atoms with E-state index in [9.17, 15) is 10.1 Å². The first-order valence-electron chi connectivity index (χ1n) is 3.92. The Labute approximate surface area is 90.8 Å². The molecule has 0 amide bonds. The van der Waals surface area contributed by atoms with Crippen LogP contribution < -0.4 is 0 Å². The monoisotopic (exact) mass is 237 g/mol. The van der Waals surface area contributed by atoms with E-state index in [2.05, 4.69) is 4.98 Å². The van der Waals surface area contributed by atoms with Gasteiger partial charge in [0.05, 0.1) is 5.38 Å². The molecular formula is C7H9Cl2N3O2. The van der Waals surface area contributed by atoms with Gasteiger partial charge in [-0.1, -0.05) is 0 Å².